The molecule has 0 saturated carbocycles. The third-order valence-electron chi connectivity index (χ3n) is 3.86. The van der Waals surface area contributed by atoms with Crippen LogP contribution in [0.5, 0.6) is 0 Å². The largest absolute Gasteiger partial charge is 0.384 e. The Balaban J connectivity index is 2.01. The van der Waals surface area contributed by atoms with Gasteiger partial charge >= 0.3 is 0 Å². The number of ether oxygens (including phenoxy) is 1. The first-order valence-corrected chi connectivity index (χ1v) is 6.99. The molecule has 1 atom stereocenters. The number of nitrogens with zero attached hydrogens (tertiary/aromatic N) is 3. The van der Waals surface area contributed by atoms with Gasteiger partial charge in [0.2, 0.25) is 5.91 Å². The maximum atomic E-state index is 13.8. The van der Waals surface area contributed by atoms with Crippen molar-refractivity contribution >= 4 is 5.91 Å². The number of rotatable bonds is 4. The summed E-state index contributed by atoms with van der Waals surface area (Å²) in [4.78, 5) is 13.8. The van der Waals surface area contributed by atoms with Crippen LogP contribution in [0.3, 0.4) is 0 Å². The number of carbonyl (C=O) groups is 1. The van der Waals surface area contributed by atoms with E-state index in [0.717, 1.165) is 11.4 Å². The van der Waals surface area contributed by atoms with Crippen LogP contribution in [-0.2, 0) is 16.1 Å². The molecule has 0 spiro atoms. The highest BCUT2D eigenvalue weighted by molar-refractivity contribution is 5.76. The van der Waals surface area contributed by atoms with Crippen LogP contribution >= 0.6 is 0 Å². The Morgan fingerprint density at radius 1 is 1.52 bits per heavy atom. The summed E-state index contributed by atoms with van der Waals surface area (Å²) in [5.41, 5.74) is 1.72. The van der Waals surface area contributed by atoms with Crippen LogP contribution in [0.2, 0.25) is 0 Å². The Hall–Kier alpha value is -1.50. The average Bonchev–Trinajstić information content (AvgIpc) is 2.70. The number of hydrogen-bond acceptors (Lipinski definition) is 3. The first-order valence-electron chi connectivity index (χ1n) is 6.99. The number of alkyl halides is 2. The van der Waals surface area contributed by atoms with Crippen LogP contribution in [-0.4, -0.2) is 53.3 Å². The maximum Gasteiger partial charge on any atom is 0.256 e. The highest BCUT2D eigenvalue weighted by atomic mass is 19.3. The zero-order valence-electron chi connectivity index (χ0n) is 12.6. The van der Waals surface area contributed by atoms with Crippen molar-refractivity contribution in [2.45, 2.75) is 32.7 Å². The molecule has 1 amide bonds. The van der Waals surface area contributed by atoms with Crippen LogP contribution in [0.1, 0.15) is 17.8 Å². The van der Waals surface area contributed by atoms with E-state index in [1.807, 2.05) is 19.9 Å². The number of likely N-dealkylation sites (tertiary alicyclic amines) is 1. The van der Waals surface area contributed by atoms with Crippen LogP contribution in [0.25, 0.3) is 0 Å². The van der Waals surface area contributed by atoms with E-state index in [4.69, 9.17) is 4.74 Å². The lowest BCUT2D eigenvalue weighted by Crippen LogP contribution is -2.51. The van der Waals surface area contributed by atoms with E-state index in [1.54, 1.807) is 4.68 Å². The van der Waals surface area contributed by atoms with Crippen LogP contribution < -0.4 is 0 Å². The van der Waals surface area contributed by atoms with Crippen molar-refractivity contribution in [3.05, 3.63) is 17.5 Å². The molecule has 0 aliphatic carbocycles. The zero-order chi connectivity index (χ0) is 15.6. The van der Waals surface area contributed by atoms with Crippen molar-refractivity contribution in [3.8, 4) is 0 Å². The van der Waals surface area contributed by atoms with Gasteiger partial charge in [-0.25, -0.2) is 8.78 Å². The first kappa shape index (κ1) is 15.9. The van der Waals surface area contributed by atoms with Crippen molar-refractivity contribution in [2.75, 3.05) is 26.8 Å². The minimum Gasteiger partial charge on any atom is -0.384 e. The zero-order valence-corrected chi connectivity index (χ0v) is 12.6. The van der Waals surface area contributed by atoms with E-state index in [1.165, 1.54) is 12.0 Å². The molecular formula is C14H21F2N3O2. The first-order chi connectivity index (χ1) is 9.83. The monoisotopic (exact) mass is 301 g/mol. The Kier molecular flexibility index (Phi) is 4.61. The minimum absolute atomic E-state index is 0.0268. The molecule has 0 bridgehead atoms. The van der Waals surface area contributed by atoms with Gasteiger partial charge in [0.05, 0.1) is 18.2 Å². The fraction of sp³-hybridized carbons (Fsp3) is 0.714. The lowest BCUT2D eigenvalue weighted by molar-refractivity contribution is -0.151. The lowest BCUT2D eigenvalue weighted by atomic mass is 9.94. The van der Waals surface area contributed by atoms with Crippen molar-refractivity contribution in [1.29, 1.82) is 0 Å². The standard InChI is InChI=1S/C14H21F2N3O2/c1-10-6-11(2)19(17-10)8-13(20)18-5-4-14(15,16)12(7-18)9-21-3/h6,12H,4-5,7-9H2,1-3H3. The summed E-state index contributed by atoms with van der Waals surface area (Å²) >= 11 is 0. The number of piperidine rings is 1. The van der Waals surface area contributed by atoms with Gasteiger partial charge in [0.15, 0.2) is 0 Å². The molecule has 1 aromatic rings. The number of amides is 1. The fourth-order valence-electron chi connectivity index (χ4n) is 2.64. The number of aryl methyl sites for hydroxylation is 2. The van der Waals surface area contributed by atoms with E-state index in [2.05, 4.69) is 5.10 Å². The van der Waals surface area contributed by atoms with Gasteiger partial charge in [-0.15, -0.1) is 0 Å². The number of carbonyl (C=O) groups excluding carboxylic acids is 1. The molecule has 0 aromatic carbocycles. The van der Waals surface area contributed by atoms with Crippen LogP contribution in [0.15, 0.2) is 6.07 Å². The third kappa shape index (κ3) is 3.58. The molecule has 0 N–H and O–H groups in total. The Morgan fingerprint density at radius 3 is 2.81 bits per heavy atom. The Bertz CT molecular complexity index is 516. The van der Waals surface area contributed by atoms with Crippen LogP contribution in [0, 0.1) is 19.8 Å². The van der Waals surface area contributed by atoms with E-state index >= 15 is 0 Å². The minimum atomic E-state index is -2.77. The summed E-state index contributed by atoms with van der Waals surface area (Å²) in [5, 5.41) is 4.23. The average molecular weight is 301 g/mol. The SMILES string of the molecule is COCC1CN(C(=O)Cn2nc(C)cc2C)CCC1(F)F. The second kappa shape index (κ2) is 6.09. The maximum absolute atomic E-state index is 13.8. The third-order valence-corrected chi connectivity index (χ3v) is 3.86. The van der Waals surface area contributed by atoms with Crippen molar-refractivity contribution < 1.29 is 18.3 Å². The van der Waals surface area contributed by atoms with E-state index in [9.17, 15) is 13.6 Å². The number of aromatic nitrogens is 2. The molecule has 1 unspecified atom stereocenters. The van der Waals surface area contributed by atoms with Crippen molar-refractivity contribution in [2.24, 2.45) is 5.92 Å². The molecular weight excluding hydrogens is 280 g/mol. The summed E-state index contributed by atoms with van der Waals surface area (Å²) < 4.78 is 34.0. The number of methoxy groups -OCH3 is 1. The van der Waals surface area contributed by atoms with E-state index in [0.29, 0.717) is 0 Å². The molecule has 2 rings (SSSR count). The van der Waals surface area contributed by atoms with Gasteiger partial charge in [-0.05, 0) is 19.9 Å². The summed E-state index contributed by atoms with van der Waals surface area (Å²) in [7, 11) is 1.40. The quantitative estimate of drug-likeness (QED) is 0.849. The summed E-state index contributed by atoms with van der Waals surface area (Å²) in [6, 6.07) is 1.88. The molecule has 7 heteroatoms. The normalized spacial score (nSPS) is 21.6. The van der Waals surface area contributed by atoms with Gasteiger partial charge in [0.1, 0.15) is 6.54 Å². The van der Waals surface area contributed by atoms with Crippen molar-refractivity contribution in [1.82, 2.24) is 14.7 Å². The second-order valence-electron chi connectivity index (χ2n) is 5.59. The molecule has 1 aliphatic rings. The Labute approximate surface area is 122 Å². The van der Waals surface area contributed by atoms with E-state index in [-0.39, 0.29) is 38.6 Å². The van der Waals surface area contributed by atoms with E-state index < -0.39 is 11.8 Å². The van der Waals surface area contributed by atoms with Gasteiger partial charge in [0, 0.05) is 32.3 Å². The second-order valence-corrected chi connectivity index (χ2v) is 5.59. The van der Waals surface area contributed by atoms with Gasteiger partial charge in [-0.1, -0.05) is 0 Å². The predicted molar refractivity (Wildman–Crippen MR) is 73.2 cm³/mol. The lowest BCUT2D eigenvalue weighted by Gasteiger charge is -2.38. The highest BCUT2D eigenvalue weighted by Crippen LogP contribution is 2.33. The summed E-state index contributed by atoms with van der Waals surface area (Å²) in [6.07, 6.45) is -0.316. The number of halogens is 2. The van der Waals surface area contributed by atoms with Gasteiger partial charge < -0.3 is 9.64 Å². The molecule has 1 aliphatic heterocycles. The molecule has 1 aromatic heterocycles. The molecule has 5 nitrogen and oxygen atoms in total. The summed E-state index contributed by atoms with van der Waals surface area (Å²) in [6.45, 7) is 3.86. The molecule has 2 heterocycles. The topological polar surface area (TPSA) is 47.4 Å². The Morgan fingerprint density at radius 2 is 2.24 bits per heavy atom. The molecule has 21 heavy (non-hydrogen) atoms. The van der Waals surface area contributed by atoms with Gasteiger partial charge in [-0.2, -0.15) is 5.10 Å². The van der Waals surface area contributed by atoms with Crippen molar-refractivity contribution in [3.63, 3.8) is 0 Å². The summed E-state index contributed by atoms with van der Waals surface area (Å²) in [5.74, 6) is -3.90. The molecule has 0 radical (unpaired) electrons. The van der Waals surface area contributed by atoms with Gasteiger partial charge in [0.25, 0.3) is 5.92 Å². The molecule has 1 fully saturated rings. The predicted octanol–water partition coefficient (Wildman–Crippen LogP) is 1.63. The molecule has 118 valence electrons. The van der Waals surface area contributed by atoms with Crippen LogP contribution in [0.4, 0.5) is 8.78 Å². The van der Waals surface area contributed by atoms with Gasteiger partial charge in [-0.3, -0.25) is 9.48 Å². The smallest absolute Gasteiger partial charge is 0.256 e. The molecule has 1 saturated heterocycles. The highest BCUT2D eigenvalue weighted by Gasteiger charge is 2.45. The number of hydrogen-bond donors (Lipinski definition) is 0. The fourth-order valence-corrected chi connectivity index (χ4v) is 2.64.